The van der Waals surface area contributed by atoms with Crippen molar-refractivity contribution in [3.8, 4) is 0 Å². The van der Waals surface area contributed by atoms with Crippen LogP contribution in [0, 0.1) is 0 Å². The number of nitrogens with zero attached hydrogens (tertiary/aromatic N) is 2. The Labute approximate surface area is 129 Å². The van der Waals surface area contributed by atoms with Crippen LogP contribution >= 0.6 is 54.5 Å². The normalized spacial score (nSPS) is 10.8. The van der Waals surface area contributed by atoms with Crippen molar-refractivity contribution in [2.75, 3.05) is 0 Å². The molecule has 2 rings (SSSR count). The Hall–Kier alpha value is -0.0800. The minimum absolute atomic E-state index is 0.0104. The molecular weight excluding hydrogens is 463 g/mol. The van der Waals surface area contributed by atoms with E-state index in [0.717, 1.165) is 22.4 Å². The predicted octanol–water partition coefficient (Wildman–Crippen LogP) is 3.99. The molecule has 1 aromatic heterocycles. The van der Waals surface area contributed by atoms with Gasteiger partial charge in [0.1, 0.15) is 0 Å². The first-order valence-electron chi connectivity index (χ1n) is 4.77. The van der Waals surface area contributed by atoms with Crippen LogP contribution in [-0.4, -0.2) is 13.8 Å². The Morgan fingerprint density at radius 3 is 2.24 bits per heavy atom. The second kappa shape index (κ2) is 5.71. The summed E-state index contributed by atoms with van der Waals surface area (Å²) in [5.41, 5.74) is 4.03. The summed E-state index contributed by atoms with van der Waals surface area (Å²) < 4.78 is 0.0104. The van der Waals surface area contributed by atoms with Crippen LogP contribution in [0.25, 0.3) is 11.0 Å². The lowest BCUT2D eigenvalue weighted by Gasteiger charge is -2.05. The topological polar surface area (TPSA) is 42.9 Å². The molecule has 3 nitrogen and oxygen atoms in total. The van der Waals surface area contributed by atoms with Crippen molar-refractivity contribution in [1.29, 1.82) is 0 Å². The first kappa shape index (κ1) is 13.4. The molecule has 2 aromatic rings. The van der Waals surface area contributed by atoms with E-state index in [0.29, 0.717) is 16.2 Å². The van der Waals surface area contributed by atoms with Crippen LogP contribution < -0.4 is 0 Å². The van der Waals surface area contributed by atoms with Gasteiger partial charge < -0.3 is 0 Å². The Bertz CT molecular complexity index is 589. The van der Waals surface area contributed by atoms with Crippen molar-refractivity contribution in [1.82, 2.24) is 9.97 Å². The number of aromatic nitrogens is 2. The maximum atomic E-state index is 11.3. The summed E-state index contributed by atoms with van der Waals surface area (Å²) >= 11 is 8.55. The number of benzene rings is 1. The van der Waals surface area contributed by atoms with E-state index in [9.17, 15) is 4.79 Å². The quantitative estimate of drug-likeness (QED) is 0.388. The highest BCUT2D eigenvalue weighted by Gasteiger charge is 2.09. The molecule has 17 heavy (non-hydrogen) atoms. The molecular formula is C11H7Br2IN2O. The Kier molecular flexibility index (Phi) is 4.48. The number of rotatable bonds is 3. The fraction of sp³-hybridized carbons (Fsp3) is 0.182. The van der Waals surface area contributed by atoms with Gasteiger partial charge in [0, 0.05) is 38.8 Å². The molecule has 0 atom stereocenters. The molecule has 0 unspecified atom stereocenters. The fourth-order valence-electron chi connectivity index (χ4n) is 1.46. The second-order valence-corrected chi connectivity index (χ2v) is 5.46. The standard InChI is InChI=1S/C11H7Br2IN2O/c12-4-9-10(5-13)16-8-3-6(11(14)17)1-2-7(8)15-9/h1-3H,4-5H2. The molecule has 0 saturated heterocycles. The molecule has 6 heteroatoms. The third kappa shape index (κ3) is 2.85. The lowest BCUT2D eigenvalue weighted by Crippen LogP contribution is -1.99. The monoisotopic (exact) mass is 468 g/mol. The summed E-state index contributed by atoms with van der Waals surface area (Å²) in [7, 11) is 0. The van der Waals surface area contributed by atoms with E-state index in [-0.39, 0.29) is 3.79 Å². The highest BCUT2D eigenvalue weighted by Crippen LogP contribution is 2.19. The van der Waals surface area contributed by atoms with Crippen molar-refractivity contribution < 1.29 is 4.79 Å². The number of halogens is 3. The highest BCUT2D eigenvalue weighted by molar-refractivity contribution is 14.1. The zero-order chi connectivity index (χ0) is 12.4. The maximum Gasteiger partial charge on any atom is 0.222 e. The smallest absolute Gasteiger partial charge is 0.222 e. The largest absolute Gasteiger partial charge is 0.282 e. The lowest BCUT2D eigenvalue weighted by atomic mass is 10.2. The molecule has 0 spiro atoms. The second-order valence-electron chi connectivity index (χ2n) is 3.36. The average molecular weight is 470 g/mol. The first-order valence-corrected chi connectivity index (χ1v) is 8.09. The molecule has 0 fully saturated rings. The molecule has 88 valence electrons. The molecule has 1 aromatic carbocycles. The van der Waals surface area contributed by atoms with Gasteiger partial charge in [-0.3, -0.25) is 4.79 Å². The maximum absolute atomic E-state index is 11.3. The number of fused-ring (bicyclic) bond motifs is 1. The number of alkyl halides is 2. The van der Waals surface area contributed by atoms with E-state index in [2.05, 4.69) is 41.8 Å². The van der Waals surface area contributed by atoms with Crippen molar-refractivity contribution in [2.24, 2.45) is 0 Å². The summed E-state index contributed by atoms with van der Waals surface area (Å²) in [5, 5.41) is 1.32. The van der Waals surface area contributed by atoms with Crippen LogP contribution in [-0.2, 0) is 10.7 Å². The van der Waals surface area contributed by atoms with E-state index in [4.69, 9.17) is 0 Å². The van der Waals surface area contributed by atoms with Crippen molar-refractivity contribution in [3.05, 3.63) is 35.2 Å². The zero-order valence-electron chi connectivity index (χ0n) is 8.58. The van der Waals surface area contributed by atoms with Gasteiger partial charge in [0.15, 0.2) is 0 Å². The summed E-state index contributed by atoms with van der Waals surface area (Å²) in [6.07, 6.45) is 0. The van der Waals surface area contributed by atoms with Crippen molar-refractivity contribution in [3.63, 3.8) is 0 Å². The Balaban J connectivity index is 2.66. The third-order valence-corrected chi connectivity index (χ3v) is 3.98. The number of carbonyl (C=O) groups is 1. The number of hydrogen-bond acceptors (Lipinski definition) is 3. The van der Waals surface area contributed by atoms with Gasteiger partial charge in [-0.2, -0.15) is 0 Å². The number of carbonyl (C=O) groups excluding carboxylic acids is 1. The molecule has 0 radical (unpaired) electrons. The van der Waals surface area contributed by atoms with Gasteiger partial charge in [0.05, 0.1) is 22.4 Å². The molecule has 0 N–H and O–H groups in total. The van der Waals surface area contributed by atoms with Crippen LogP contribution in [0.3, 0.4) is 0 Å². The van der Waals surface area contributed by atoms with Gasteiger partial charge in [-0.15, -0.1) is 0 Å². The summed E-state index contributed by atoms with van der Waals surface area (Å²) in [5.74, 6) is 0. The van der Waals surface area contributed by atoms with Gasteiger partial charge in [-0.1, -0.05) is 31.9 Å². The number of hydrogen-bond donors (Lipinski definition) is 0. The Morgan fingerprint density at radius 2 is 1.71 bits per heavy atom. The van der Waals surface area contributed by atoms with Crippen LogP contribution in [0.5, 0.6) is 0 Å². The average Bonchev–Trinajstić information content (AvgIpc) is 2.36. The van der Waals surface area contributed by atoms with Crippen molar-refractivity contribution >= 4 is 69.3 Å². The van der Waals surface area contributed by atoms with E-state index in [1.165, 1.54) is 0 Å². The van der Waals surface area contributed by atoms with Crippen LogP contribution in [0.4, 0.5) is 0 Å². The molecule has 0 aliphatic heterocycles. The summed E-state index contributed by atoms with van der Waals surface area (Å²) in [6.45, 7) is 0. The molecule has 0 amide bonds. The van der Waals surface area contributed by atoms with E-state index >= 15 is 0 Å². The van der Waals surface area contributed by atoms with Gasteiger partial charge in [0.2, 0.25) is 3.79 Å². The zero-order valence-corrected chi connectivity index (χ0v) is 13.9. The molecule has 0 aliphatic rings. The van der Waals surface area contributed by atoms with Gasteiger partial charge in [0.25, 0.3) is 0 Å². The SMILES string of the molecule is O=C(I)c1ccc2nc(CBr)c(CBr)nc2c1. The summed E-state index contributed by atoms with van der Waals surface area (Å²) in [4.78, 5) is 20.3. The molecule has 0 aliphatic carbocycles. The van der Waals surface area contributed by atoms with Gasteiger partial charge in [-0.25, -0.2) is 9.97 Å². The predicted molar refractivity (Wildman–Crippen MR) is 83.2 cm³/mol. The van der Waals surface area contributed by atoms with Crippen LogP contribution in [0.2, 0.25) is 0 Å². The fourth-order valence-corrected chi connectivity index (χ4v) is 2.70. The Morgan fingerprint density at radius 1 is 1.12 bits per heavy atom. The van der Waals surface area contributed by atoms with E-state index in [1.54, 1.807) is 34.7 Å². The molecule has 1 heterocycles. The molecule has 0 bridgehead atoms. The minimum Gasteiger partial charge on any atom is -0.282 e. The van der Waals surface area contributed by atoms with Crippen molar-refractivity contribution in [2.45, 2.75) is 10.7 Å². The lowest BCUT2D eigenvalue weighted by molar-refractivity contribution is 0.110. The molecule has 0 saturated carbocycles. The van der Waals surface area contributed by atoms with Crippen LogP contribution in [0.15, 0.2) is 18.2 Å². The first-order chi connectivity index (χ1) is 8.15. The summed E-state index contributed by atoms with van der Waals surface area (Å²) in [6, 6.07) is 5.39. The van der Waals surface area contributed by atoms with E-state index < -0.39 is 0 Å². The van der Waals surface area contributed by atoms with Gasteiger partial charge >= 0.3 is 0 Å². The van der Waals surface area contributed by atoms with E-state index in [1.807, 2.05) is 6.07 Å². The third-order valence-electron chi connectivity index (χ3n) is 2.30. The minimum atomic E-state index is 0.0104. The highest BCUT2D eigenvalue weighted by atomic mass is 127. The van der Waals surface area contributed by atoms with Crippen LogP contribution in [0.1, 0.15) is 21.7 Å². The van der Waals surface area contributed by atoms with Gasteiger partial charge in [-0.05, 0) is 18.2 Å².